The summed E-state index contributed by atoms with van der Waals surface area (Å²) in [5.41, 5.74) is 2.84. The van der Waals surface area contributed by atoms with Crippen molar-refractivity contribution >= 4 is 15.8 Å². The van der Waals surface area contributed by atoms with Crippen LogP contribution in [0.4, 0.5) is 5.82 Å². The van der Waals surface area contributed by atoms with Crippen molar-refractivity contribution in [1.82, 2.24) is 9.78 Å². The highest BCUT2D eigenvalue weighted by molar-refractivity contribution is 7.92. The second-order valence-corrected chi connectivity index (χ2v) is 7.41. The van der Waals surface area contributed by atoms with E-state index in [0.717, 1.165) is 11.1 Å². The van der Waals surface area contributed by atoms with Gasteiger partial charge in [-0.3, -0.25) is 9.40 Å². The smallest absolute Gasteiger partial charge is 0.263 e. The molecule has 6 heteroatoms. The van der Waals surface area contributed by atoms with Gasteiger partial charge in [0.15, 0.2) is 5.82 Å². The SMILES string of the molecule is Cc1ccc(S(=O)(=O)Nc2ccn(Cc3ccccc3)n2)c(C)c1. The molecule has 0 unspecified atom stereocenters. The van der Waals surface area contributed by atoms with Gasteiger partial charge in [-0.25, -0.2) is 8.42 Å². The van der Waals surface area contributed by atoms with Crippen LogP contribution in [-0.4, -0.2) is 18.2 Å². The van der Waals surface area contributed by atoms with Crippen molar-refractivity contribution in [1.29, 1.82) is 0 Å². The Morgan fingerprint density at radius 1 is 1.04 bits per heavy atom. The molecule has 124 valence electrons. The molecular formula is C18H19N3O2S. The van der Waals surface area contributed by atoms with E-state index in [1.54, 1.807) is 36.0 Å². The topological polar surface area (TPSA) is 64.0 Å². The van der Waals surface area contributed by atoms with Gasteiger partial charge < -0.3 is 0 Å². The molecule has 0 aliphatic heterocycles. The average molecular weight is 341 g/mol. The molecule has 0 aliphatic carbocycles. The number of nitrogens with zero attached hydrogens (tertiary/aromatic N) is 2. The van der Waals surface area contributed by atoms with Gasteiger partial charge in [0, 0.05) is 12.3 Å². The van der Waals surface area contributed by atoms with E-state index in [2.05, 4.69) is 9.82 Å². The van der Waals surface area contributed by atoms with E-state index in [0.29, 0.717) is 17.9 Å². The summed E-state index contributed by atoms with van der Waals surface area (Å²) >= 11 is 0. The molecule has 1 heterocycles. The fourth-order valence-corrected chi connectivity index (χ4v) is 3.79. The number of sulfonamides is 1. The van der Waals surface area contributed by atoms with E-state index < -0.39 is 10.0 Å². The van der Waals surface area contributed by atoms with Crippen LogP contribution in [0.15, 0.2) is 65.7 Å². The second kappa shape index (κ2) is 6.49. The molecule has 1 N–H and O–H groups in total. The summed E-state index contributed by atoms with van der Waals surface area (Å²) in [6, 6.07) is 16.8. The van der Waals surface area contributed by atoms with Gasteiger partial charge in [0.25, 0.3) is 10.0 Å². The van der Waals surface area contributed by atoms with Crippen molar-refractivity contribution in [2.75, 3.05) is 4.72 Å². The van der Waals surface area contributed by atoms with E-state index in [1.165, 1.54) is 0 Å². The molecule has 1 aromatic heterocycles. The minimum Gasteiger partial charge on any atom is -0.266 e. The molecular weight excluding hydrogens is 322 g/mol. The minimum atomic E-state index is -3.65. The van der Waals surface area contributed by atoms with E-state index in [1.807, 2.05) is 43.3 Å². The molecule has 0 saturated carbocycles. The lowest BCUT2D eigenvalue weighted by atomic mass is 10.2. The highest BCUT2D eigenvalue weighted by Crippen LogP contribution is 2.19. The molecule has 0 aliphatic rings. The van der Waals surface area contributed by atoms with E-state index in [4.69, 9.17) is 0 Å². The van der Waals surface area contributed by atoms with Crippen LogP contribution in [0, 0.1) is 13.8 Å². The van der Waals surface area contributed by atoms with Crippen molar-refractivity contribution in [3.63, 3.8) is 0 Å². The van der Waals surface area contributed by atoms with Crippen LogP contribution in [0.25, 0.3) is 0 Å². The van der Waals surface area contributed by atoms with E-state index in [-0.39, 0.29) is 4.90 Å². The van der Waals surface area contributed by atoms with Crippen LogP contribution in [0.5, 0.6) is 0 Å². The Balaban J connectivity index is 1.78. The van der Waals surface area contributed by atoms with E-state index >= 15 is 0 Å². The van der Waals surface area contributed by atoms with Gasteiger partial charge in [-0.05, 0) is 31.0 Å². The van der Waals surface area contributed by atoms with Gasteiger partial charge in [-0.2, -0.15) is 5.10 Å². The molecule has 24 heavy (non-hydrogen) atoms. The highest BCUT2D eigenvalue weighted by atomic mass is 32.2. The monoisotopic (exact) mass is 341 g/mol. The predicted octanol–water partition coefficient (Wildman–Crippen LogP) is 3.35. The summed E-state index contributed by atoms with van der Waals surface area (Å²) in [6.45, 7) is 4.31. The summed E-state index contributed by atoms with van der Waals surface area (Å²) in [5.74, 6) is 0.311. The normalized spacial score (nSPS) is 11.4. The first-order valence-corrected chi connectivity index (χ1v) is 9.10. The molecule has 0 spiro atoms. The first-order chi connectivity index (χ1) is 11.4. The summed E-state index contributed by atoms with van der Waals surface area (Å²) < 4.78 is 29.3. The number of rotatable bonds is 5. The third kappa shape index (κ3) is 3.65. The Morgan fingerprint density at radius 3 is 2.50 bits per heavy atom. The zero-order valence-corrected chi connectivity index (χ0v) is 14.4. The highest BCUT2D eigenvalue weighted by Gasteiger charge is 2.18. The van der Waals surface area contributed by atoms with Gasteiger partial charge in [-0.15, -0.1) is 0 Å². The van der Waals surface area contributed by atoms with Gasteiger partial charge in [0.05, 0.1) is 11.4 Å². The lowest BCUT2D eigenvalue weighted by Crippen LogP contribution is -2.15. The molecule has 3 rings (SSSR count). The van der Waals surface area contributed by atoms with Crippen molar-refractivity contribution in [2.24, 2.45) is 0 Å². The number of aromatic nitrogens is 2. The second-order valence-electron chi connectivity index (χ2n) is 5.76. The van der Waals surface area contributed by atoms with Crippen molar-refractivity contribution in [2.45, 2.75) is 25.3 Å². The first kappa shape index (κ1) is 16.3. The van der Waals surface area contributed by atoms with Crippen LogP contribution in [0.1, 0.15) is 16.7 Å². The summed E-state index contributed by atoms with van der Waals surface area (Å²) in [6.07, 6.45) is 1.76. The lowest BCUT2D eigenvalue weighted by molar-refractivity contribution is 0.600. The molecule has 0 fully saturated rings. The number of benzene rings is 2. The van der Waals surface area contributed by atoms with Gasteiger partial charge >= 0.3 is 0 Å². The van der Waals surface area contributed by atoms with Crippen LogP contribution < -0.4 is 4.72 Å². The van der Waals surface area contributed by atoms with Gasteiger partial charge in [0.2, 0.25) is 0 Å². The Kier molecular flexibility index (Phi) is 4.40. The number of hydrogen-bond acceptors (Lipinski definition) is 3. The van der Waals surface area contributed by atoms with Gasteiger partial charge in [0.1, 0.15) is 0 Å². The molecule has 0 radical (unpaired) electrons. The average Bonchev–Trinajstić information content (AvgIpc) is 2.94. The Morgan fingerprint density at radius 2 is 1.79 bits per heavy atom. The van der Waals surface area contributed by atoms with Gasteiger partial charge in [-0.1, -0.05) is 48.0 Å². The maximum Gasteiger partial charge on any atom is 0.263 e. The molecule has 0 amide bonds. The van der Waals surface area contributed by atoms with Crippen molar-refractivity contribution in [3.8, 4) is 0 Å². The largest absolute Gasteiger partial charge is 0.266 e. The van der Waals surface area contributed by atoms with Crippen molar-refractivity contribution < 1.29 is 8.42 Å². The van der Waals surface area contributed by atoms with Crippen LogP contribution in [0.3, 0.4) is 0 Å². The standard InChI is InChI=1S/C18H19N3O2S/c1-14-8-9-17(15(2)12-14)24(22,23)20-18-10-11-21(19-18)13-16-6-4-3-5-7-16/h3-12H,13H2,1-2H3,(H,19,20). The zero-order valence-electron chi connectivity index (χ0n) is 13.6. The molecule has 2 aromatic carbocycles. The minimum absolute atomic E-state index is 0.269. The summed E-state index contributed by atoms with van der Waals surface area (Å²) in [5, 5.41) is 4.29. The maximum atomic E-state index is 12.5. The third-order valence-electron chi connectivity index (χ3n) is 3.69. The summed E-state index contributed by atoms with van der Waals surface area (Å²) in [7, 11) is -3.65. The summed E-state index contributed by atoms with van der Waals surface area (Å²) in [4.78, 5) is 0.269. The number of anilines is 1. The Labute approximate surface area is 142 Å². The molecule has 0 saturated heterocycles. The predicted molar refractivity (Wildman–Crippen MR) is 94.5 cm³/mol. The fourth-order valence-electron chi connectivity index (χ4n) is 2.57. The fraction of sp³-hybridized carbons (Fsp3) is 0.167. The lowest BCUT2D eigenvalue weighted by Gasteiger charge is -2.09. The molecule has 0 bridgehead atoms. The number of hydrogen-bond donors (Lipinski definition) is 1. The first-order valence-electron chi connectivity index (χ1n) is 7.61. The quantitative estimate of drug-likeness (QED) is 0.774. The Hall–Kier alpha value is -2.60. The van der Waals surface area contributed by atoms with E-state index in [9.17, 15) is 8.42 Å². The van der Waals surface area contributed by atoms with Crippen molar-refractivity contribution in [3.05, 3.63) is 77.5 Å². The molecule has 3 aromatic rings. The zero-order chi connectivity index (χ0) is 17.2. The number of aryl methyl sites for hydroxylation is 2. The van der Waals surface area contributed by atoms with Crippen LogP contribution in [-0.2, 0) is 16.6 Å². The molecule has 0 atom stereocenters. The maximum absolute atomic E-state index is 12.5. The third-order valence-corrected chi connectivity index (χ3v) is 5.20. The Bertz CT molecular complexity index is 947. The molecule has 5 nitrogen and oxygen atoms in total. The number of nitrogens with one attached hydrogen (secondary N) is 1. The van der Waals surface area contributed by atoms with Crippen LogP contribution in [0.2, 0.25) is 0 Å². The van der Waals surface area contributed by atoms with Crippen LogP contribution >= 0.6 is 0 Å².